The number of benzene rings is 1. The van der Waals surface area contributed by atoms with Crippen LogP contribution in [0.15, 0.2) is 70.6 Å². The van der Waals surface area contributed by atoms with Crippen molar-refractivity contribution in [3.8, 4) is 17.1 Å². The predicted molar refractivity (Wildman–Crippen MR) is 166 cm³/mol. The normalized spacial score (nSPS) is 15.5. The zero-order valence-corrected chi connectivity index (χ0v) is 25.1. The largest absolute Gasteiger partial charge is 0.392 e. The molecule has 1 unspecified atom stereocenters. The fourth-order valence-corrected chi connectivity index (χ4v) is 5.76. The van der Waals surface area contributed by atoms with Gasteiger partial charge in [-0.25, -0.2) is 9.67 Å². The highest BCUT2D eigenvalue weighted by atomic mass is 16.3. The molecule has 43 heavy (non-hydrogen) atoms. The van der Waals surface area contributed by atoms with Crippen LogP contribution in [0.4, 0.5) is 5.69 Å². The fourth-order valence-electron chi connectivity index (χ4n) is 5.76. The van der Waals surface area contributed by atoms with E-state index in [1.165, 1.54) is 9.25 Å². The molecule has 0 fully saturated rings. The third-order valence-corrected chi connectivity index (χ3v) is 8.22. The highest BCUT2D eigenvalue weighted by Gasteiger charge is 2.28. The average molecular weight is 581 g/mol. The smallest absolute Gasteiger partial charge is 0.289 e. The molecular formula is C32H36N8O3. The predicted octanol–water partition coefficient (Wildman–Crippen LogP) is 3.58. The number of nitrogens with zero attached hydrogens (tertiary/aromatic N) is 7. The Morgan fingerprint density at radius 3 is 2.58 bits per heavy atom. The minimum atomic E-state index is -0.384. The van der Waals surface area contributed by atoms with E-state index in [1.807, 2.05) is 35.0 Å². The lowest BCUT2D eigenvalue weighted by molar-refractivity contribution is 0.177. The third-order valence-electron chi connectivity index (χ3n) is 8.22. The highest BCUT2D eigenvalue weighted by Crippen LogP contribution is 2.30. The number of aliphatic hydroxyl groups excluding tert-OH is 1. The van der Waals surface area contributed by atoms with Crippen molar-refractivity contribution in [1.29, 1.82) is 0 Å². The average Bonchev–Trinajstić information content (AvgIpc) is 3.48. The standard InChI is InChI=1S/C32H36N8O3/c1-6-38-15-16-40-27(10-13-34-40)29(38)35-26-18-25(36-37(5)31(26)43)23-9-12-33-28(24(23)19-41)39-14-11-20-17-21(32(2,3)4)7-8-22(20)30(39)42/h7-14,17-18,29,35,41H,6,15-16,19H2,1-5H3. The van der Waals surface area contributed by atoms with E-state index < -0.39 is 0 Å². The maximum Gasteiger partial charge on any atom is 0.289 e. The molecule has 6 rings (SSSR count). The van der Waals surface area contributed by atoms with Crippen LogP contribution in [0.1, 0.15) is 50.7 Å². The van der Waals surface area contributed by atoms with Crippen LogP contribution in [0.5, 0.6) is 0 Å². The number of hydrogen-bond acceptors (Lipinski definition) is 8. The van der Waals surface area contributed by atoms with Crippen molar-refractivity contribution in [2.24, 2.45) is 7.05 Å². The van der Waals surface area contributed by atoms with E-state index in [0.29, 0.717) is 33.7 Å². The molecule has 11 heteroatoms. The van der Waals surface area contributed by atoms with E-state index >= 15 is 0 Å². The monoisotopic (exact) mass is 580 g/mol. The molecule has 0 spiro atoms. The van der Waals surface area contributed by atoms with Gasteiger partial charge in [-0.15, -0.1) is 0 Å². The van der Waals surface area contributed by atoms with Crippen LogP contribution in [0, 0.1) is 0 Å². The van der Waals surface area contributed by atoms with Crippen molar-refractivity contribution in [2.45, 2.75) is 52.4 Å². The molecule has 11 nitrogen and oxygen atoms in total. The molecule has 4 aromatic heterocycles. The van der Waals surface area contributed by atoms with Gasteiger partial charge in [0.1, 0.15) is 17.7 Å². The van der Waals surface area contributed by atoms with Gasteiger partial charge in [-0.1, -0.05) is 39.8 Å². The van der Waals surface area contributed by atoms with E-state index in [9.17, 15) is 14.7 Å². The highest BCUT2D eigenvalue weighted by molar-refractivity contribution is 5.83. The fraction of sp³-hybridized carbons (Fsp3) is 0.344. The lowest BCUT2D eigenvalue weighted by Crippen LogP contribution is -2.42. The van der Waals surface area contributed by atoms with Gasteiger partial charge in [-0.3, -0.25) is 23.7 Å². The Bertz CT molecular complexity index is 1950. The molecule has 1 aromatic carbocycles. The first-order valence-corrected chi connectivity index (χ1v) is 14.5. The second-order valence-electron chi connectivity index (χ2n) is 11.9. The molecule has 0 bridgehead atoms. The van der Waals surface area contributed by atoms with Gasteiger partial charge < -0.3 is 10.4 Å². The summed E-state index contributed by atoms with van der Waals surface area (Å²) >= 11 is 0. The Hall–Kier alpha value is -4.61. The minimum absolute atomic E-state index is 0.0491. The lowest BCUT2D eigenvalue weighted by Gasteiger charge is -2.36. The maximum absolute atomic E-state index is 13.7. The van der Waals surface area contributed by atoms with Crippen molar-refractivity contribution in [3.63, 3.8) is 0 Å². The summed E-state index contributed by atoms with van der Waals surface area (Å²) in [7, 11) is 1.60. The first-order valence-electron chi connectivity index (χ1n) is 14.5. The van der Waals surface area contributed by atoms with Crippen molar-refractivity contribution in [1.82, 2.24) is 34.0 Å². The van der Waals surface area contributed by atoms with Gasteiger partial charge in [0.15, 0.2) is 0 Å². The number of likely N-dealkylation sites (N-methyl/N-ethyl adjacent to an activating group) is 1. The van der Waals surface area contributed by atoms with E-state index in [-0.39, 0.29) is 29.3 Å². The number of rotatable bonds is 6. The Labute approximate surface area is 249 Å². The van der Waals surface area contributed by atoms with Crippen LogP contribution in [0.3, 0.4) is 0 Å². The topological polar surface area (TPSA) is 123 Å². The molecule has 0 amide bonds. The third kappa shape index (κ3) is 5.04. The first kappa shape index (κ1) is 28.5. The summed E-state index contributed by atoms with van der Waals surface area (Å²) in [4.78, 5) is 33.7. The van der Waals surface area contributed by atoms with Crippen molar-refractivity contribution >= 4 is 16.5 Å². The Morgan fingerprint density at radius 1 is 1.02 bits per heavy atom. The molecule has 1 aliphatic rings. The van der Waals surface area contributed by atoms with Gasteiger partial charge in [0.25, 0.3) is 11.1 Å². The van der Waals surface area contributed by atoms with E-state index in [2.05, 4.69) is 53.1 Å². The Kier molecular flexibility index (Phi) is 7.23. The van der Waals surface area contributed by atoms with Crippen molar-refractivity contribution in [2.75, 3.05) is 18.4 Å². The molecule has 1 aliphatic heterocycles. The number of aliphatic hydroxyl groups is 1. The number of fused-ring (bicyclic) bond motifs is 2. The van der Waals surface area contributed by atoms with Crippen LogP contribution >= 0.6 is 0 Å². The Morgan fingerprint density at radius 2 is 1.84 bits per heavy atom. The zero-order valence-electron chi connectivity index (χ0n) is 25.1. The van der Waals surface area contributed by atoms with E-state index in [0.717, 1.165) is 36.3 Å². The zero-order chi connectivity index (χ0) is 30.5. The van der Waals surface area contributed by atoms with Crippen molar-refractivity contribution < 1.29 is 5.11 Å². The number of nitrogens with one attached hydrogen (secondary N) is 1. The van der Waals surface area contributed by atoms with Crippen molar-refractivity contribution in [3.05, 3.63) is 98.6 Å². The minimum Gasteiger partial charge on any atom is -0.392 e. The van der Waals surface area contributed by atoms with Gasteiger partial charge in [0, 0.05) is 48.7 Å². The summed E-state index contributed by atoms with van der Waals surface area (Å²) in [6.45, 7) is 10.5. The second kappa shape index (κ2) is 10.9. The number of hydrogen-bond donors (Lipinski definition) is 2. The molecule has 222 valence electrons. The van der Waals surface area contributed by atoms with Crippen LogP contribution in [-0.4, -0.2) is 52.2 Å². The summed E-state index contributed by atoms with van der Waals surface area (Å²) < 4.78 is 4.68. The van der Waals surface area contributed by atoms with Gasteiger partial charge >= 0.3 is 0 Å². The van der Waals surface area contributed by atoms with Crippen LogP contribution in [0.2, 0.25) is 0 Å². The van der Waals surface area contributed by atoms with E-state index in [4.69, 9.17) is 0 Å². The van der Waals surface area contributed by atoms with Gasteiger partial charge in [0.2, 0.25) is 0 Å². The summed E-state index contributed by atoms with van der Waals surface area (Å²) in [6, 6.07) is 13.1. The first-order chi connectivity index (χ1) is 20.6. The number of pyridine rings is 2. The number of aromatic nitrogens is 6. The quantitative estimate of drug-likeness (QED) is 0.313. The molecule has 2 N–H and O–H groups in total. The summed E-state index contributed by atoms with van der Waals surface area (Å²) in [5.41, 5.74) is 3.38. The molecule has 0 saturated heterocycles. The van der Waals surface area contributed by atoms with Crippen LogP contribution in [0.25, 0.3) is 27.8 Å². The molecule has 0 radical (unpaired) electrons. The summed E-state index contributed by atoms with van der Waals surface area (Å²) in [5.74, 6) is 0.310. The molecule has 0 saturated carbocycles. The summed E-state index contributed by atoms with van der Waals surface area (Å²) in [6.07, 6.45) is 4.80. The molecule has 5 aromatic rings. The van der Waals surface area contributed by atoms with Crippen LogP contribution < -0.4 is 16.4 Å². The second-order valence-corrected chi connectivity index (χ2v) is 11.9. The molecule has 1 atom stereocenters. The molecule has 5 heterocycles. The van der Waals surface area contributed by atoms with Crippen LogP contribution in [-0.2, 0) is 25.6 Å². The number of anilines is 1. The molecular weight excluding hydrogens is 544 g/mol. The maximum atomic E-state index is 13.7. The number of aryl methyl sites for hydroxylation is 1. The Balaban J connectivity index is 1.44. The van der Waals surface area contributed by atoms with Gasteiger partial charge in [-0.2, -0.15) is 10.2 Å². The van der Waals surface area contributed by atoms with Gasteiger partial charge in [0.05, 0.1) is 24.5 Å². The molecule has 0 aliphatic carbocycles. The lowest BCUT2D eigenvalue weighted by atomic mass is 9.86. The SMILES string of the molecule is CCN1CCn2nccc2C1Nc1cc(-c2ccnc(-n3ccc4cc(C(C)(C)C)ccc4c3=O)c2CO)nn(C)c1=O. The van der Waals surface area contributed by atoms with Gasteiger partial charge in [-0.05, 0) is 53.2 Å². The summed E-state index contributed by atoms with van der Waals surface area (Å²) in [5, 5.41) is 24.4. The van der Waals surface area contributed by atoms with E-state index in [1.54, 1.807) is 37.8 Å².